The van der Waals surface area contributed by atoms with Crippen LogP contribution in [0.25, 0.3) is 0 Å². The number of likely N-dealkylation sites (N-methyl/N-ethyl adjacent to an activating group) is 1. The number of likely N-dealkylation sites (tertiary alicyclic amines) is 1. The van der Waals surface area contributed by atoms with Crippen molar-refractivity contribution in [3.63, 3.8) is 0 Å². The van der Waals surface area contributed by atoms with Crippen LogP contribution in [0.15, 0.2) is 29.3 Å². The lowest BCUT2D eigenvalue weighted by molar-refractivity contribution is -0.116. The minimum absolute atomic E-state index is 0. The number of carbonyl (C=O) groups excluding carboxylic acids is 1. The number of hydrogen-bond donors (Lipinski definition) is 3. The minimum atomic E-state index is -0.0120. The van der Waals surface area contributed by atoms with E-state index in [0.717, 1.165) is 43.1 Å². The number of rotatable bonds is 8. The first kappa shape index (κ1) is 25.6. The number of amides is 1. The van der Waals surface area contributed by atoms with Crippen molar-refractivity contribution in [1.82, 2.24) is 20.4 Å². The van der Waals surface area contributed by atoms with Gasteiger partial charge < -0.3 is 25.8 Å². The normalized spacial score (nSPS) is 15.7. The Morgan fingerprint density at radius 1 is 1.28 bits per heavy atom. The van der Waals surface area contributed by atoms with Gasteiger partial charge in [0.05, 0.1) is 6.54 Å². The summed E-state index contributed by atoms with van der Waals surface area (Å²) >= 11 is 0. The molecule has 0 saturated carbocycles. The second-order valence-corrected chi connectivity index (χ2v) is 7.67. The van der Waals surface area contributed by atoms with Gasteiger partial charge in [-0.15, -0.1) is 24.0 Å². The quantitative estimate of drug-likeness (QED) is 0.281. The molecule has 2 rings (SSSR count). The van der Waals surface area contributed by atoms with E-state index in [0.29, 0.717) is 19.1 Å². The van der Waals surface area contributed by atoms with E-state index in [4.69, 9.17) is 0 Å². The zero-order chi connectivity index (χ0) is 20.4. The lowest BCUT2D eigenvalue weighted by atomic mass is 10.1. The zero-order valence-corrected chi connectivity index (χ0v) is 20.5. The molecule has 1 heterocycles. The highest BCUT2D eigenvalue weighted by molar-refractivity contribution is 14.0. The summed E-state index contributed by atoms with van der Waals surface area (Å²) in [7, 11) is 5.57. The number of aliphatic imine (C=N–C) groups is 1. The molecule has 1 amide bonds. The molecule has 29 heavy (non-hydrogen) atoms. The van der Waals surface area contributed by atoms with E-state index in [9.17, 15) is 4.79 Å². The van der Waals surface area contributed by atoms with Gasteiger partial charge >= 0.3 is 0 Å². The Hall–Kier alpha value is -1.39. The largest absolute Gasteiger partial charge is 0.354 e. The summed E-state index contributed by atoms with van der Waals surface area (Å²) in [6.45, 7) is 6.76. The average molecular weight is 516 g/mol. The van der Waals surface area contributed by atoms with Gasteiger partial charge in [-0.05, 0) is 57.6 Å². The third kappa shape index (κ3) is 9.77. The molecule has 1 aliphatic rings. The molecule has 1 aliphatic heterocycles. The fourth-order valence-electron chi connectivity index (χ4n) is 3.44. The lowest BCUT2D eigenvalue weighted by Crippen LogP contribution is -2.48. The van der Waals surface area contributed by atoms with Crippen LogP contribution in [-0.4, -0.2) is 75.0 Å². The van der Waals surface area contributed by atoms with Crippen molar-refractivity contribution in [3.8, 4) is 0 Å². The van der Waals surface area contributed by atoms with Crippen molar-refractivity contribution in [2.75, 3.05) is 52.6 Å². The lowest BCUT2D eigenvalue weighted by Gasteiger charge is -2.32. The van der Waals surface area contributed by atoms with Crippen LogP contribution in [0.4, 0.5) is 5.69 Å². The van der Waals surface area contributed by atoms with Gasteiger partial charge in [0.15, 0.2) is 5.96 Å². The molecule has 0 unspecified atom stereocenters. The van der Waals surface area contributed by atoms with Gasteiger partial charge in [0, 0.05) is 38.4 Å². The summed E-state index contributed by atoms with van der Waals surface area (Å²) in [6, 6.07) is 8.38. The number of piperidine rings is 1. The van der Waals surface area contributed by atoms with Crippen molar-refractivity contribution < 1.29 is 4.79 Å². The number of halogens is 1. The molecule has 1 aromatic carbocycles. The molecule has 1 saturated heterocycles. The molecule has 0 radical (unpaired) electrons. The molecule has 0 spiro atoms. The van der Waals surface area contributed by atoms with Crippen LogP contribution in [0, 0.1) is 0 Å². The van der Waals surface area contributed by atoms with Crippen molar-refractivity contribution in [2.45, 2.75) is 38.8 Å². The van der Waals surface area contributed by atoms with Crippen LogP contribution in [0.1, 0.15) is 31.7 Å². The third-order valence-electron chi connectivity index (χ3n) is 4.82. The van der Waals surface area contributed by atoms with Crippen LogP contribution in [0.3, 0.4) is 0 Å². The van der Waals surface area contributed by atoms with Gasteiger partial charge in [-0.2, -0.15) is 0 Å². The predicted molar refractivity (Wildman–Crippen MR) is 132 cm³/mol. The van der Waals surface area contributed by atoms with Gasteiger partial charge in [-0.3, -0.25) is 9.79 Å². The summed E-state index contributed by atoms with van der Waals surface area (Å²) in [5.41, 5.74) is 1.92. The highest BCUT2D eigenvalue weighted by atomic mass is 127. The van der Waals surface area contributed by atoms with E-state index < -0.39 is 0 Å². The van der Waals surface area contributed by atoms with Gasteiger partial charge in [0.2, 0.25) is 5.91 Å². The van der Waals surface area contributed by atoms with E-state index in [-0.39, 0.29) is 29.9 Å². The molecule has 0 aromatic heterocycles. The highest BCUT2D eigenvalue weighted by Gasteiger charge is 2.19. The molecule has 164 valence electrons. The number of benzene rings is 1. The maximum Gasteiger partial charge on any atom is 0.238 e. The van der Waals surface area contributed by atoms with E-state index in [1.165, 1.54) is 13.0 Å². The average Bonchev–Trinajstić information content (AvgIpc) is 2.66. The SMILES string of the molecule is CCCN1CCC(NC(=NC)NCc2cccc(NC(=O)CN(C)C)c2)CC1.I. The number of carbonyl (C=O) groups is 1. The van der Waals surface area contributed by atoms with Crippen LogP contribution in [0.5, 0.6) is 0 Å². The fourth-order valence-corrected chi connectivity index (χ4v) is 3.44. The first-order valence-corrected chi connectivity index (χ1v) is 10.2. The molecule has 8 heteroatoms. The Kier molecular flexibility index (Phi) is 12.2. The molecule has 0 atom stereocenters. The molecular formula is C21H37IN6O. The minimum Gasteiger partial charge on any atom is -0.354 e. The van der Waals surface area contributed by atoms with E-state index in [2.05, 4.69) is 32.8 Å². The molecule has 1 fully saturated rings. The molecule has 0 aliphatic carbocycles. The number of nitrogens with zero attached hydrogens (tertiary/aromatic N) is 3. The molecule has 1 aromatic rings. The Labute approximate surface area is 192 Å². The monoisotopic (exact) mass is 516 g/mol. The standard InChI is InChI=1S/C21H36N6O.HI/c1-5-11-27-12-9-18(10-13-27)25-21(22-2)23-15-17-7-6-8-19(14-17)24-20(28)16-26(3)4;/h6-8,14,18H,5,9-13,15-16H2,1-4H3,(H,24,28)(H2,22,23,25);1H. The summed E-state index contributed by atoms with van der Waals surface area (Å²) in [5.74, 6) is 0.818. The van der Waals surface area contributed by atoms with Crippen LogP contribution < -0.4 is 16.0 Å². The summed E-state index contributed by atoms with van der Waals surface area (Å²) < 4.78 is 0. The third-order valence-corrected chi connectivity index (χ3v) is 4.82. The Morgan fingerprint density at radius 2 is 2.00 bits per heavy atom. The van der Waals surface area contributed by atoms with Crippen molar-refractivity contribution >= 4 is 41.5 Å². The second-order valence-electron chi connectivity index (χ2n) is 7.67. The number of nitrogens with one attached hydrogen (secondary N) is 3. The van der Waals surface area contributed by atoms with E-state index >= 15 is 0 Å². The number of hydrogen-bond acceptors (Lipinski definition) is 4. The molecule has 3 N–H and O–H groups in total. The van der Waals surface area contributed by atoms with Gasteiger partial charge in [0.25, 0.3) is 0 Å². The summed E-state index contributed by atoms with van der Waals surface area (Å²) in [4.78, 5) is 20.7. The molecule has 7 nitrogen and oxygen atoms in total. The van der Waals surface area contributed by atoms with Crippen molar-refractivity contribution in [2.24, 2.45) is 4.99 Å². The first-order valence-electron chi connectivity index (χ1n) is 10.2. The maximum absolute atomic E-state index is 11.9. The highest BCUT2D eigenvalue weighted by Crippen LogP contribution is 2.12. The Bertz CT molecular complexity index is 644. The predicted octanol–water partition coefficient (Wildman–Crippen LogP) is 2.34. The topological polar surface area (TPSA) is 72.0 Å². The summed E-state index contributed by atoms with van der Waals surface area (Å²) in [5, 5.41) is 9.87. The van der Waals surface area contributed by atoms with Crippen LogP contribution >= 0.6 is 24.0 Å². The Morgan fingerprint density at radius 3 is 2.62 bits per heavy atom. The second kappa shape index (κ2) is 13.8. The van der Waals surface area contributed by atoms with Crippen molar-refractivity contribution in [3.05, 3.63) is 29.8 Å². The molecule has 0 bridgehead atoms. The van der Waals surface area contributed by atoms with Gasteiger partial charge in [-0.25, -0.2) is 0 Å². The van der Waals surface area contributed by atoms with Gasteiger partial charge in [0.1, 0.15) is 0 Å². The van der Waals surface area contributed by atoms with Gasteiger partial charge in [-0.1, -0.05) is 19.1 Å². The maximum atomic E-state index is 11.9. The number of anilines is 1. The van der Waals surface area contributed by atoms with Crippen LogP contribution in [-0.2, 0) is 11.3 Å². The first-order chi connectivity index (χ1) is 13.5. The summed E-state index contributed by atoms with van der Waals surface area (Å²) in [6.07, 6.45) is 3.51. The van der Waals surface area contributed by atoms with E-state index in [1.807, 2.05) is 43.3 Å². The molecular weight excluding hydrogens is 479 g/mol. The Balaban J connectivity index is 0.00000420. The van der Waals surface area contributed by atoms with E-state index in [1.54, 1.807) is 7.05 Å². The zero-order valence-electron chi connectivity index (χ0n) is 18.2. The van der Waals surface area contributed by atoms with Crippen LogP contribution in [0.2, 0.25) is 0 Å². The smallest absolute Gasteiger partial charge is 0.238 e. The van der Waals surface area contributed by atoms with Crippen molar-refractivity contribution in [1.29, 1.82) is 0 Å². The fraction of sp³-hybridized carbons (Fsp3) is 0.619. The number of guanidine groups is 1.